The molecule has 4 nitrogen and oxygen atoms in total. The third kappa shape index (κ3) is 2.80. The first-order valence-electron chi connectivity index (χ1n) is 7.40. The summed E-state index contributed by atoms with van der Waals surface area (Å²) in [5.41, 5.74) is 1.10. The fourth-order valence-corrected chi connectivity index (χ4v) is 3.13. The highest BCUT2D eigenvalue weighted by Crippen LogP contribution is 2.27. The minimum Gasteiger partial charge on any atom is -0.492 e. The highest BCUT2D eigenvalue weighted by Gasteiger charge is 2.29. The van der Waals surface area contributed by atoms with Crippen molar-refractivity contribution in [2.45, 2.75) is 31.8 Å². The maximum Gasteiger partial charge on any atom is 0.226 e. The molecular formula is C16H21NO3. The van der Waals surface area contributed by atoms with Gasteiger partial charge >= 0.3 is 0 Å². The zero-order valence-corrected chi connectivity index (χ0v) is 11.5. The molecule has 3 atom stereocenters. The number of nitrogens with one attached hydrogen (secondary N) is 1. The van der Waals surface area contributed by atoms with Gasteiger partial charge in [0.2, 0.25) is 5.91 Å². The van der Waals surface area contributed by atoms with Gasteiger partial charge in [-0.1, -0.05) is 24.6 Å². The summed E-state index contributed by atoms with van der Waals surface area (Å²) in [6.07, 6.45) is 3.40. The van der Waals surface area contributed by atoms with E-state index in [1.807, 2.05) is 24.3 Å². The maximum atomic E-state index is 12.2. The van der Waals surface area contributed by atoms with E-state index in [4.69, 9.17) is 4.74 Å². The van der Waals surface area contributed by atoms with E-state index in [2.05, 4.69) is 5.32 Å². The van der Waals surface area contributed by atoms with Crippen molar-refractivity contribution in [1.82, 2.24) is 5.32 Å². The Kier molecular flexibility index (Phi) is 3.92. The second-order valence-electron chi connectivity index (χ2n) is 5.82. The molecule has 1 amide bonds. The van der Waals surface area contributed by atoms with Crippen molar-refractivity contribution in [2.24, 2.45) is 11.8 Å². The number of carbonyl (C=O) groups is 1. The number of para-hydroxylation sites is 1. The molecule has 1 aliphatic carbocycles. The van der Waals surface area contributed by atoms with Crippen molar-refractivity contribution in [3.63, 3.8) is 0 Å². The number of amides is 1. The van der Waals surface area contributed by atoms with E-state index in [1.165, 1.54) is 0 Å². The summed E-state index contributed by atoms with van der Waals surface area (Å²) in [5, 5.41) is 12.7. The lowest BCUT2D eigenvalue weighted by molar-refractivity contribution is -0.126. The molecule has 4 heteroatoms. The van der Waals surface area contributed by atoms with Crippen LogP contribution in [0.3, 0.4) is 0 Å². The number of ether oxygens (including phenoxy) is 1. The summed E-state index contributed by atoms with van der Waals surface area (Å²) >= 11 is 0. The predicted molar refractivity (Wildman–Crippen MR) is 75.5 cm³/mol. The first kappa shape index (κ1) is 13.4. The largest absolute Gasteiger partial charge is 0.492 e. The van der Waals surface area contributed by atoms with Crippen molar-refractivity contribution in [3.05, 3.63) is 29.8 Å². The zero-order chi connectivity index (χ0) is 13.9. The molecule has 1 fully saturated rings. The molecule has 1 aliphatic heterocycles. The Morgan fingerprint density at radius 3 is 3.00 bits per heavy atom. The number of benzene rings is 1. The predicted octanol–water partition coefficient (Wildman–Crippen LogP) is 1.51. The Bertz CT molecular complexity index is 488. The highest BCUT2D eigenvalue weighted by molar-refractivity contribution is 5.79. The van der Waals surface area contributed by atoms with E-state index in [9.17, 15) is 9.90 Å². The van der Waals surface area contributed by atoms with Crippen LogP contribution in [0, 0.1) is 11.8 Å². The van der Waals surface area contributed by atoms with Crippen molar-refractivity contribution < 1.29 is 14.6 Å². The standard InChI is InChI=1S/C16H21NO3/c18-14-6-3-5-12(14)9-17-16(19)13-8-11-4-1-2-7-15(11)20-10-13/h1-2,4,7,12-14,18H,3,5-6,8-10H2,(H,17,19). The fraction of sp³-hybridized carbons (Fsp3) is 0.562. The highest BCUT2D eigenvalue weighted by atomic mass is 16.5. The lowest BCUT2D eigenvalue weighted by Gasteiger charge is -2.25. The molecule has 0 bridgehead atoms. The van der Waals surface area contributed by atoms with Crippen molar-refractivity contribution in [2.75, 3.05) is 13.2 Å². The van der Waals surface area contributed by atoms with Crippen molar-refractivity contribution in [3.8, 4) is 5.75 Å². The van der Waals surface area contributed by atoms with Crippen LogP contribution in [-0.2, 0) is 11.2 Å². The number of fused-ring (bicyclic) bond motifs is 1. The second-order valence-corrected chi connectivity index (χ2v) is 5.82. The minimum absolute atomic E-state index is 0.0404. The van der Waals surface area contributed by atoms with Gasteiger partial charge in [-0.15, -0.1) is 0 Å². The molecule has 2 aliphatic rings. The lowest BCUT2D eigenvalue weighted by Crippen LogP contribution is -2.40. The van der Waals surface area contributed by atoms with Gasteiger partial charge in [0.25, 0.3) is 0 Å². The molecule has 0 spiro atoms. The molecule has 2 N–H and O–H groups in total. The number of aliphatic hydroxyl groups is 1. The quantitative estimate of drug-likeness (QED) is 0.879. The first-order valence-corrected chi connectivity index (χ1v) is 7.40. The van der Waals surface area contributed by atoms with Gasteiger partial charge in [-0.2, -0.15) is 0 Å². The smallest absolute Gasteiger partial charge is 0.226 e. The molecule has 20 heavy (non-hydrogen) atoms. The van der Waals surface area contributed by atoms with Gasteiger partial charge in [-0.05, 0) is 30.9 Å². The van der Waals surface area contributed by atoms with E-state index in [-0.39, 0.29) is 23.8 Å². The maximum absolute atomic E-state index is 12.2. The molecule has 1 aromatic carbocycles. The topological polar surface area (TPSA) is 58.6 Å². The average molecular weight is 275 g/mol. The number of carbonyl (C=O) groups excluding carboxylic acids is 1. The van der Waals surface area contributed by atoms with E-state index in [1.54, 1.807) is 0 Å². The number of aliphatic hydroxyl groups excluding tert-OH is 1. The fourth-order valence-electron chi connectivity index (χ4n) is 3.13. The van der Waals surface area contributed by atoms with Gasteiger partial charge < -0.3 is 15.2 Å². The van der Waals surface area contributed by atoms with Gasteiger partial charge in [-0.25, -0.2) is 0 Å². The summed E-state index contributed by atoms with van der Waals surface area (Å²) in [4.78, 5) is 12.2. The molecule has 0 radical (unpaired) electrons. The molecule has 108 valence electrons. The zero-order valence-electron chi connectivity index (χ0n) is 11.5. The number of rotatable bonds is 3. The van der Waals surface area contributed by atoms with E-state index in [0.29, 0.717) is 13.2 Å². The second kappa shape index (κ2) is 5.83. The molecule has 1 heterocycles. The SMILES string of the molecule is O=C(NCC1CCCC1O)C1COc2ccccc2C1. The van der Waals surface area contributed by atoms with Crippen LogP contribution in [0.15, 0.2) is 24.3 Å². The van der Waals surface area contributed by atoms with Gasteiger partial charge in [-0.3, -0.25) is 4.79 Å². The summed E-state index contributed by atoms with van der Waals surface area (Å²) in [5.74, 6) is 1.03. The number of hydrogen-bond donors (Lipinski definition) is 2. The van der Waals surface area contributed by atoms with Gasteiger partial charge in [0, 0.05) is 12.5 Å². The van der Waals surface area contributed by atoms with Gasteiger partial charge in [0.15, 0.2) is 0 Å². The van der Waals surface area contributed by atoms with Crippen LogP contribution < -0.4 is 10.1 Å². The third-order valence-corrected chi connectivity index (χ3v) is 4.41. The Balaban J connectivity index is 1.54. The van der Waals surface area contributed by atoms with Crippen LogP contribution >= 0.6 is 0 Å². The normalized spacial score (nSPS) is 28.6. The monoisotopic (exact) mass is 275 g/mol. The van der Waals surface area contributed by atoms with Crippen LogP contribution in [0.1, 0.15) is 24.8 Å². The molecular weight excluding hydrogens is 254 g/mol. The van der Waals surface area contributed by atoms with Crippen LogP contribution in [0.2, 0.25) is 0 Å². The van der Waals surface area contributed by atoms with Crippen LogP contribution in [0.4, 0.5) is 0 Å². The van der Waals surface area contributed by atoms with E-state index >= 15 is 0 Å². The van der Waals surface area contributed by atoms with Crippen LogP contribution in [-0.4, -0.2) is 30.3 Å². The van der Waals surface area contributed by atoms with Crippen LogP contribution in [0.5, 0.6) is 5.75 Å². The Labute approximate surface area is 119 Å². The third-order valence-electron chi connectivity index (χ3n) is 4.41. The van der Waals surface area contributed by atoms with Crippen molar-refractivity contribution in [1.29, 1.82) is 0 Å². The number of hydrogen-bond acceptors (Lipinski definition) is 3. The Morgan fingerprint density at radius 1 is 1.35 bits per heavy atom. The summed E-state index contributed by atoms with van der Waals surface area (Å²) in [6, 6.07) is 7.87. The molecule has 3 unspecified atom stereocenters. The first-order chi connectivity index (χ1) is 9.74. The van der Waals surface area contributed by atoms with Gasteiger partial charge in [0.05, 0.1) is 12.0 Å². The minimum atomic E-state index is -0.251. The molecule has 0 saturated heterocycles. The average Bonchev–Trinajstić information content (AvgIpc) is 2.89. The molecule has 1 aromatic rings. The van der Waals surface area contributed by atoms with Gasteiger partial charge in [0.1, 0.15) is 12.4 Å². The van der Waals surface area contributed by atoms with Crippen molar-refractivity contribution >= 4 is 5.91 Å². The summed E-state index contributed by atoms with van der Waals surface area (Å²) in [7, 11) is 0. The van der Waals surface area contributed by atoms with E-state index in [0.717, 1.165) is 37.0 Å². The van der Waals surface area contributed by atoms with E-state index < -0.39 is 0 Å². The summed E-state index contributed by atoms with van der Waals surface area (Å²) < 4.78 is 5.64. The molecule has 3 rings (SSSR count). The lowest BCUT2D eigenvalue weighted by atomic mass is 9.95. The molecule has 1 saturated carbocycles. The molecule has 0 aromatic heterocycles. The Hall–Kier alpha value is -1.55. The van der Waals surface area contributed by atoms with Crippen LogP contribution in [0.25, 0.3) is 0 Å². The Morgan fingerprint density at radius 2 is 2.20 bits per heavy atom. The summed E-state index contributed by atoms with van der Waals surface area (Å²) in [6.45, 7) is 1.02.